The van der Waals surface area contributed by atoms with Gasteiger partial charge < -0.3 is 0 Å². The number of thiocarbonyl (C=S) groups is 1. The Morgan fingerprint density at radius 2 is 0.816 bits per heavy atom. The Hall–Kier alpha value is 1.36. The first kappa shape index (κ1) is 39.4. The second-order valence-electron chi connectivity index (χ2n) is 11.9. The predicted molar refractivity (Wildman–Crippen MR) is 180 cm³/mol. The third-order valence-electron chi connectivity index (χ3n) is 8.04. The predicted octanol–water partition coefficient (Wildman–Crippen LogP) is 13.0. The van der Waals surface area contributed by atoms with Gasteiger partial charge in [0.1, 0.15) is 0 Å². The normalized spacial score (nSPS) is 11.8. The monoisotopic (exact) mass is 766 g/mol. The fourth-order valence-corrected chi connectivity index (χ4v) is 39.2. The summed E-state index contributed by atoms with van der Waals surface area (Å²) in [5.74, 6) is 0. The maximum atomic E-state index is 7.50. The molecular formula is C33H68NOSSn2. The van der Waals surface area contributed by atoms with Gasteiger partial charge in [-0.25, -0.2) is 0 Å². The first-order chi connectivity index (χ1) is 18.7. The van der Waals surface area contributed by atoms with Crippen molar-refractivity contribution in [1.29, 1.82) is 0 Å². The van der Waals surface area contributed by atoms with E-state index in [9.17, 15) is 0 Å². The van der Waals surface area contributed by atoms with E-state index in [0.717, 1.165) is 0 Å². The van der Waals surface area contributed by atoms with Gasteiger partial charge in [0.15, 0.2) is 0 Å². The molecule has 0 N–H and O–H groups in total. The van der Waals surface area contributed by atoms with Crippen LogP contribution in [0.4, 0.5) is 0 Å². The van der Waals surface area contributed by atoms with Crippen molar-refractivity contribution in [3.05, 3.63) is 0 Å². The van der Waals surface area contributed by atoms with E-state index in [4.69, 9.17) is 16.8 Å². The molecule has 225 valence electrons. The summed E-state index contributed by atoms with van der Waals surface area (Å²) in [6.45, 7) is 9.25. The van der Waals surface area contributed by atoms with Crippen molar-refractivity contribution in [2.24, 2.45) is 3.21 Å². The molecule has 0 rings (SSSR count). The summed E-state index contributed by atoms with van der Waals surface area (Å²) in [6, 6.07) is 0. The molecule has 0 atom stereocenters. The van der Waals surface area contributed by atoms with Crippen molar-refractivity contribution >= 4 is 56.6 Å². The van der Waals surface area contributed by atoms with Crippen molar-refractivity contribution in [2.75, 3.05) is 0 Å². The van der Waals surface area contributed by atoms with E-state index in [0.29, 0.717) is 0 Å². The second kappa shape index (κ2) is 31.3. The quantitative estimate of drug-likeness (QED) is 0.0304. The molecule has 0 aromatic carbocycles. The molecule has 0 aliphatic carbocycles. The van der Waals surface area contributed by atoms with Gasteiger partial charge in [-0.1, -0.05) is 0 Å². The van der Waals surface area contributed by atoms with Crippen LogP contribution in [0.2, 0.25) is 17.7 Å². The van der Waals surface area contributed by atoms with Crippen molar-refractivity contribution in [3.63, 3.8) is 0 Å². The summed E-state index contributed by atoms with van der Waals surface area (Å²) in [6.07, 6.45) is 33.1. The van der Waals surface area contributed by atoms with E-state index in [1.165, 1.54) is 172 Å². The molecule has 0 bridgehead atoms. The Morgan fingerprint density at radius 3 is 1.16 bits per heavy atom. The number of nitrogens with zero attached hydrogens (tertiary/aromatic N) is 1. The van der Waals surface area contributed by atoms with E-state index in [-0.39, 0.29) is 0 Å². The molecule has 1 radical (unpaired) electrons. The number of hydrogen-bond acceptors (Lipinski definition) is 3. The Kier molecular flexibility index (Phi) is 32.4. The summed E-state index contributed by atoms with van der Waals surface area (Å²) in [4.78, 5) is 0. The Bertz CT molecular complexity index is 495. The van der Waals surface area contributed by atoms with Crippen molar-refractivity contribution < 1.29 is 1.41 Å². The molecule has 0 fully saturated rings. The topological polar surface area (TPSA) is 21.6 Å². The van der Waals surface area contributed by atoms with E-state index in [2.05, 4.69) is 32.9 Å². The van der Waals surface area contributed by atoms with E-state index in [1.54, 1.807) is 0 Å². The van der Waals surface area contributed by atoms with Gasteiger partial charge in [-0.3, -0.25) is 0 Å². The molecule has 0 heterocycles. The fraction of sp³-hybridized carbons (Fsp3) is 0.970. The van der Waals surface area contributed by atoms with Crippen LogP contribution in [-0.4, -0.2) is 44.4 Å². The van der Waals surface area contributed by atoms with Crippen LogP contribution in [0.15, 0.2) is 3.21 Å². The number of isothiocyanates is 1. The van der Waals surface area contributed by atoms with Crippen LogP contribution in [0, 0.1) is 0 Å². The minimum atomic E-state index is -3.09. The van der Waals surface area contributed by atoms with E-state index in [1.807, 2.05) is 0 Å². The molecule has 0 saturated heterocycles. The Labute approximate surface area is 258 Å². The maximum absolute atomic E-state index is 7.50. The van der Waals surface area contributed by atoms with Crippen molar-refractivity contribution in [1.82, 2.24) is 0 Å². The van der Waals surface area contributed by atoms with Crippen LogP contribution in [0.25, 0.3) is 0 Å². The van der Waals surface area contributed by atoms with Gasteiger partial charge in [-0.05, 0) is 0 Å². The molecule has 0 saturated carbocycles. The molecule has 5 heteroatoms. The average molecular weight is 764 g/mol. The number of unbranched alkanes of at least 4 members (excludes halogenated alkanes) is 20. The Morgan fingerprint density at radius 1 is 0.500 bits per heavy atom. The van der Waals surface area contributed by atoms with E-state index < -0.39 is 39.2 Å². The summed E-state index contributed by atoms with van der Waals surface area (Å²) in [7, 11) is 0. The molecule has 0 aliphatic heterocycles. The number of hydrogen-bond donors (Lipinski definition) is 0. The molecule has 0 aromatic rings. The van der Waals surface area contributed by atoms with Crippen LogP contribution in [0.3, 0.4) is 0 Å². The molecule has 0 amide bonds. The van der Waals surface area contributed by atoms with Crippen LogP contribution < -0.4 is 0 Å². The summed E-state index contributed by atoms with van der Waals surface area (Å²) in [5.41, 5.74) is 0. The zero-order chi connectivity index (χ0) is 28.0. The van der Waals surface area contributed by atoms with E-state index >= 15 is 0 Å². The Balaban J connectivity index is 5.19. The summed E-state index contributed by atoms with van der Waals surface area (Å²) >= 11 is 0.289. The second-order valence-corrected chi connectivity index (χ2v) is 31.4. The first-order valence-electron chi connectivity index (χ1n) is 17.3. The SMILES string of the molecule is CCCCCCC[CH2][Sn]([CH2]CCCCCCC)[O][Sn]([CH2]CCCCCCC)([CH2]CCCCCCC)[N]=C=S. The molecule has 2 nitrogen and oxygen atoms in total. The van der Waals surface area contributed by atoms with Crippen molar-refractivity contribution in [2.45, 2.75) is 200 Å². The zero-order valence-electron chi connectivity index (χ0n) is 26.6. The molecular weight excluding hydrogens is 696 g/mol. The molecule has 0 unspecified atom stereocenters. The van der Waals surface area contributed by atoms with Crippen LogP contribution in [0.5, 0.6) is 0 Å². The summed E-state index contributed by atoms with van der Waals surface area (Å²) < 4.78 is 18.0. The molecule has 38 heavy (non-hydrogen) atoms. The van der Waals surface area contributed by atoms with Gasteiger partial charge in [-0.2, -0.15) is 0 Å². The van der Waals surface area contributed by atoms with Crippen LogP contribution in [0.1, 0.15) is 182 Å². The third kappa shape index (κ3) is 25.1. The van der Waals surface area contributed by atoms with Gasteiger partial charge in [0, 0.05) is 0 Å². The average Bonchev–Trinajstić information content (AvgIpc) is 2.92. The van der Waals surface area contributed by atoms with Gasteiger partial charge >= 0.3 is 261 Å². The van der Waals surface area contributed by atoms with Gasteiger partial charge in [0.2, 0.25) is 0 Å². The zero-order valence-corrected chi connectivity index (χ0v) is 33.1. The minimum absolute atomic E-state index is 1.27. The van der Waals surface area contributed by atoms with Gasteiger partial charge in [0.05, 0.1) is 0 Å². The fourth-order valence-electron chi connectivity index (χ4n) is 5.51. The third-order valence-corrected chi connectivity index (χ3v) is 36.5. The van der Waals surface area contributed by atoms with Crippen LogP contribution in [-0.2, 0) is 1.41 Å². The van der Waals surface area contributed by atoms with Gasteiger partial charge in [-0.15, -0.1) is 0 Å². The standard InChI is InChI=1S/4C8H17.CNS.O.2Sn/c4*1-3-5-7-8-6-4-2;2-1-3;;;/h4*1,3-8H2,2H3;;;;/q;;;;-1;;;+1. The summed E-state index contributed by atoms with van der Waals surface area (Å²) in [5, 5.41) is 2.93. The van der Waals surface area contributed by atoms with Crippen LogP contribution >= 0.6 is 12.2 Å². The van der Waals surface area contributed by atoms with Gasteiger partial charge in [0.25, 0.3) is 0 Å². The number of rotatable bonds is 31. The molecule has 0 spiro atoms. The first-order valence-corrected chi connectivity index (χ1v) is 29.4. The van der Waals surface area contributed by atoms with Crippen molar-refractivity contribution in [3.8, 4) is 0 Å². The molecule has 0 aromatic heterocycles. The molecule has 0 aliphatic rings.